The van der Waals surface area contributed by atoms with Crippen molar-refractivity contribution >= 4 is 11.8 Å². The first-order valence-electron chi connectivity index (χ1n) is 4.52. The van der Waals surface area contributed by atoms with Gasteiger partial charge in [0.25, 0.3) is 0 Å². The Labute approximate surface area is 77.4 Å². The van der Waals surface area contributed by atoms with E-state index in [4.69, 9.17) is 5.11 Å². The van der Waals surface area contributed by atoms with E-state index in [1.54, 1.807) is 0 Å². The van der Waals surface area contributed by atoms with Crippen molar-refractivity contribution in [3.8, 4) is 0 Å². The number of carbonyl (C=O) groups excluding carboxylic acids is 1. The minimum atomic E-state index is -0.946. The summed E-state index contributed by atoms with van der Waals surface area (Å²) >= 11 is 0. The second-order valence-electron chi connectivity index (χ2n) is 3.61. The van der Waals surface area contributed by atoms with E-state index in [1.165, 1.54) is 0 Å². The monoisotopic (exact) mass is 182 g/mol. The third-order valence-corrected chi connectivity index (χ3v) is 2.42. The molecule has 0 aromatic heterocycles. The highest BCUT2D eigenvalue weighted by Crippen LogP contribution is 2.26. The first-order chi connectivity index (χ1) is 6.09. The molecule has 0 bridgehead atoms. The summed E-state index contributed by atoms with van der Waals surface area (Å²) in [6.45, 7) is 3.46. The second kappa shape index (κ2) is 4.21. The lowest BCUT2D eigenvalue weighted by Gasteiger charge is -2.20. The van der Waals surface area contributed by atoms with E-state index in [9.17, 15) is 9.59 Å². The summed E-state index contributed by atoms with van der Waals surface area (Å²) in [5, 5.41) is 8.59. The van der Waals surface area contributed by atoms with Gasteiger partial charge in [-0.2, -0.15) is 0 Å². The van der Waals surface area contributed by atoms with Crippen molar-refractivity contribution in [2.75, 3.05) is 0 Å². The van der Waals surface area contributed by atoms with Crippen LogP contribution in [0.2, 0.25) is 0 Å². The predicted octanol–water partition coefficient (Wildman–Crippen LogP) is 1.78. The van der Waals surface area contributed by atoms with Crippen molar-refractivity contribution in [2.45, 2.75) is 32.1 Å². The summed E-state index contributed by atoms with van der Waals surface area (Å²) in [5.41, 5.74) is 0.222. The molecule has 3 heteroatoms. The zero-order chi connectivity index (χ0) is 9.84. The van der Waals surface area contributed by atoms with Gasteiger partial charge in [-0.15, -0.1) is 0 Å². The van der Waals surface area contributed by atoms with Crippen LogP contribution in [0.4, 0.5) is 0 Å². The summed E-state index contributed by atoms with van der Waals surface area (Å²) in [5.74, 6) is -0.475. The fourth-order valence-electron chi connectivity index (χ4n) is 1.72. The van der Waals surface area contributed by atoms with Crippen LogP contribution in [-0.4, -0.2) is 16.9 Å². The van der Waals surface area contributed by atoms with Gasteiger partial charge in [0, 0.05) is 18.4 Å². The fraction of sp³-hybridized carbons (Fsp3) is 0.600. The molecule has 1 unspecified atom stereocenters. The molecule has 1 aliphatic carbocycles. The molecule has 0 heterocycles. The average Bonchev–Trinajstić information content (AvgIpc) is 2.04. The lowest BCUT2D eigenvalue weighted by atomic mass is 9.84. The smallest absolute Gasteiger partial charge is 0.330 e. The Hall–Kier alpha value is -1.12. The summed E-state index contributed by atoms with van der Waals surface area (Å²) in [6, 6.07) is 0. The number of carbonyl (C=O) groups is 2. The van der Waals surface area contributed by atoms with E-state index in [0.717, 1.165) is 12.8 Å². The predicted molar refractivity (Wildman–Crippen MR) is 48.4 cm³/mol. The van der Waals surface area contributed by atoms with Crippen molar-refractivity contribution in [3.05, 3.63) is 12.2 Å². The topological polar surface area (TPSA) is 54.4 Å². The molecule has 1 aliphatic rings. The number of rotatable bonds is 3. The minimum absolute atomic E-state index is 0.213. The van der Waals surface area contributed by atoms with E-state index in [1.807, 2.05) is 0 Å². The van der Waals surface area contributed by atoms with Crippen molar-refractivity contribution in [1.82, 2.24) is 0 Å². The molecule has 0 aromatic rings. The van der Waals surface area contributed by atoms with Crippen LogP contribution in [0.5, 0.6) is 0 Å². The Morgan fingerprint density at radius 2 is 2.31 bits per heavy atom. The molecular formula is C10H14O3. The highest BCUT2D eigenvalue weighted by Gasteiger charge is 2.21. The normalized spacial score (nSPS) is 22.8. The molecule has 1 saturated carbocycles. The number of hydrogen-bond donors (Lipinski definition) is 1. The van der Waals surface area contributed by atoms with E-state index in [-0.39, 0.29) is 17.3 Å². The SMILES string of the molecule is C=C(CC1CCCC(=O)C1)C(=O)O. The Morgan fingerprint density at radius 1 is 1.62 bits per heavy atom. The maximum absolute atomic E-state index is 11.0. The van der Waals surface area contributed by atoms with Gasteiger partial charge in [0.1, 0.15) is 5.78 Å². The Kier molecular flexibility index (Phi) is 3.23. The second-order valence-corrected chi connectivity index (χ2v) is 3.61. The number of carboxylic acids is 1. The Morgan fingerprint density at radius 3 is 2.85 bits per heavy atom. The number of hydrogen-bond acceptors (Lipinski definition) is 2. The number of aliphatic carboxylic acids is 1. The summed E-state index contributed by atoms with van der Waals surface area (Å²) in [4.78, 5) is 21.5. The van der Waals surface area contributed by atoms with Crippen LogP contribution in [0.25, 0.3) is 0 Å². The first-order valence-corrected chi connectivity index (χ1v) is 4.52. The lowest BCUT2D eigenvalue weighted by Crippen LogP contribution is -2.16. The lowest BCUT2D eigenvalue weighted by molar-refractivity contribution is -0.133. The van der Waals surface area contributed by atoms with Gasteiger partial charge in [-0.25, -0.2) is 4.79 Å². The molecule has 72 valence electrons. The molecule has 13 heavy (non-hydrogen) atoms. The number of carboxylic acid groups (broad SMARTS) is 1. The molecule has 1 rings (SSSR count). The number of Topliss-reactive ketones (excluding diaryl/α,β-unsaturated/α-hetero) is 1. The van der Waals surface area contributed by atoms with Crippen molar-refractivity contribution < 1.29 is 14.7 Å². The highest BCUT2D eigenvalue weighted by atomic mass is 16.4. The maximum Gasteiger partial charge on any atom is 0.330 e. The van der Waals surface area contributed by atoms with Crippen LogP contribution in [0, 0.1) is 5.92 Å². The fourth-order valence-corrected chi connectivity index (χ4v) is 1.72. The van der Waals surface area contributed by atoms with E-state index >= 15 is 0 Å². The quantitative estimate of drug-likeness (QED) is 0.677. The van der Waals surface area contributed by atoms with Gasteiger partial charge < -0.3 is 5.11 Å². The van der Waals surface area contributed by atoms with Crippen LogP contribution in [-0.2, 0) is 9.59 Å². The van der Waals surface area contributed by atoms with Crippen molar-refractivity contribution in [1.29, 1.82) is 0 Å². The van der Waals surface area contributed by atoms with Crippen molar-refractivity contribution in [2.24, 2.45) is 5.92 Å². The van der Waals surface area contributed by atoms with E-state index in [0.29, 0.717) is 19.3 Å². The average molecular weight is 182 g/mol. The van der Waals surface area contributed by atoms with Crippen LogP contribution >= 0.6 is 0 Å². The highest BCUT2D eigenvalue weighted by molar-refractivity contribution is 5.86. The summed E-state index contributed by atoms with van der Waals surface area (Å²) in [7, 11) is 0. The van der Waals surface area contributed by atoms with Crippen molar-refractivity contribution in [3.63, 3.8) is 0 Å². The van der Waals surface area contributed by atoms with Gasteiger partial charge >= 0.3 is 5.97 Å². The molecule has 1 atom stereocenters. The third kappa shape index (κ3) is 3.01. The van der Waals surface area contributed by atoms with Crippen LogP contribution < -0.4 is 0 Å². The van der Waals surface area contributed by atoms with Gasteiger partial charge in [0.15, 0.2) is 0 Å². The van der Waals surface area contributed by atoms with Gasteiger partial charge in [-0.1, -0.05) is 6.58 Å². The van der Waals surface area contributed by atoms with E-state index in [2.05, 4.69) is 6.58 Å². The summed E-state index contributed by atoms with van der Waals surface area (Å²) in [6.07, 6.45) is 3.51. The van der Waals surface area contributed by atoms with Gasteiger partial charge in [-0.3, -0.25) is 4.79 Å². The van der Waals surface area contributed by atoms with E-state index < -0.39 is 5.97 Å². The molecule has 0 saturated heterocycles. The summed E-state index contributed by atoms with van der Waals surface area (Å²) < 4.78 is 0. The van der Waals surface area contributed by atoms with Gasteiger partial charge in [0.2, 0.25) is 0 Å². The largest absolute Gasteiger partial charge is 0.478 e. The van der Waals surface area contributed by atoms with Crippen LogP contribution in [0.1, 0.15) is 32.1 Å². The molecular weight excluding hydrogens is 168 g/mol. The zero-order valence-corrected chi connectivity index (χ0v) is 7.58. The van der Waals surface area contributed by atoms with Gasteiger partial charge in [-0.05, 0) is 25.2 Å². The van der Waals surface area contributed by atoms with Crippen LogP contribution in [0.3, 0.4) is 0 Å². The molecule has 0 amide bonds. The molecule has 0 spiro atoms. The Balaban J connectivity index is 2.40. The first kappa shape index (κ1) is 9.96. The molecule has 0 radical (unpaired) electrons. The number of ketones is 1. The molecule has 0 aliphatic heterocycles. The minimum Gasteiger partial charge on any atom is -0.478 e. The zero-order valence-electron chi connectivity index (χ0n) is 7.58. The molecule has 0 aromatic carbocycles. The Bertz CT molecular complexity index is 243. The molecule has 3 nitrogen and oxygen atoms in total. The van der Waals surface area contributed by atoms with Crippen LogP contribution in [0.15, 0.2) is 12.2 Å². The molecule has 1 N–H and O–H groups in total. The van der Waals surface area contributed by atoms with Gasteiger partial charge in [0.05, 0.1) is 0 Å². The standard InChI is InChI=1S/C10H14O3/c1-7(10(12)13)5-8-3-2-4-9(11)6-8/h8H,1-6H2,(H,12,13). The third-order valence-electron chi connectivity index (χ3n) is 2.42. The molecule has 1 fully saturated rings. The maximum atomic E-state index is 11.0.